The number of rotatable bonds is 11. The molecule has 4 rings (SSSR count). The van der Waals surface area contributed by atoms with Crippen molar-refractivity contribution in [1.29, 1.82) is 0 Å². The van der Waals surface area contributed by atoms with Crippen molar-refractivity contribution >= 4 is 29.0 Å². The zero-order valence-electron chi connectivity index (χ0n) is 18.9. The van der Waals surface area contributed by atoms with Crippen molar-refractivity contribution in [3.05, 3.63) is 48.6 Å². The van der Waals surface area contributed by atoms with Crippen molar-refractivity contribution in [2.45, 2.75) is 32.2 Å². The smallest absolute Gasteiger partial charge is 0.244 e. The van der Waals surface area contributed by atoms with Gasteiger partial charge in [-0.3, -0.25) is 4.79 Å². The summed E-state index contributed by atoms with van der Waals surface area (Å²) in [6.45, 7) is 5.31. The minimum absolute atomic E-state index is 0.129. The standard InChI is InChI=1S/C24H30N6O3/c1-2-32-14-6-12-25-21(31)11-10-18-7-3-4-9-20(18)33-15-19-8-5-13-30(19)24-22-23(27-16-26-22)28-17-29-24/h3-4,7,9-11,16-17,19H,2,5-6,8,12-15H2,1H3,(H,25,31)(H,26,27,28,29)/b11-10+/t19-/m1/s1. The predicted molar refractivity (Wildman–Crippen MR) is 127 cm³/mol. The van der Waals surface area contributed by atoms with Crippen LogP contribution in [0.2, 0.25) is 0 Å². The fraction of sp³-hybridized carbons (Fsp3) is 0.417. The van der Waals surface area contributed by atoms with Crippen molar-refractivity contribution in [3.8, 4) is 5.75 Å². The maximum Gasteiger partial charge on any atom is 0.244 e. The van der Waals surface area contributed by atoms with Crippen LogP contribution in [0.4, 0.5) is 5.82 Å². The number of hydrogen-bond acceptors (Lipinski definition) is 7. The Bertz CT molecular complexity index is 1080. The van der Waals surface area contributed by atoms with Gasteiger partial charge in [0, 0.05) is 37.9 Å². The summed E-state index contributed by atoms with van der Waals surface area (Å²) >= 11 is 0. The molecule has 1 atom stereocenters. The fourth-order valence-electron chi connectivity index (χ4n) is 3.95. The van der Waals surface area contributed by atoms with Gasteiger partial charge in [-0.15, -0.1) is 0 Å². The van der Waals surface area contributed by atoms with Crippen LogP contribution in [0.1, 0.15) is 31.7 Å². The number of carbonyl (C=O) groups excluding carboxylic acids is 1. The number of anilines is 1. The molecule has 0 radical (unpaired) electrons. The largest absolute Gasteiger partial charge is 0.491 e. The van der Waals surface area contributed by atoms with E-state index < -0.39 is 0 Å². The molecule has 0 bridgehead atoms. The number of para-hydroxylation sites is 1. The maximum absolute atomic E-state index is 12.1. The van der Waals surface area contributed by atoms with Gasteiger partial charge in [0.1, 0.15) is 24.2 Å². The van der Waals surface area contributed by atoms with Crippen molar-refractivity contribution in [3.63, 3.8) is 0 Å². The van der Waals surface area contributed by atoms with Gasteiger partial charge in [0.05, 0.1) is 12.4 Å². The first-order valence-electron chi connectivity index (χ1n) is 11.4. The van der Waals surface area contributed by atoms with Crippen LogP contribution in [-0.2, 0) is 9.53 Å². The van der Waals surface area contributed by atoms with E-state index in [1.54, 1.807) is 24.8 Å². The van der Waals surface area contributed by atoms with Gasteiger partial charge in [-0.2, -0.15) is 0 Å². The highest BCUT2D eigenvalue weighted by atomic mass is 16.5. The van der Waals surface area contributed by atoms with Crippen LogP contribution < -0.4 is 15.0 Å². The number of aromatic nitrogens is 4. The van der Waals surface area contributed by atoms with E-state index in [0.29, 0.717) is 32.0 Å². The van der Waals surface area contributed by atoms with Gasteiger partial charge >= 0.3 is 0 Å². The first-order valence-corrected chi connectivity index (χ1v) is 11.4. The molecule has 1 fully saturated rings. The number of carbonyl (C=O) groups is 1. The van der Waals surface area contributed by atoms with Crippen LogP contribution in [0.3, 0.4) is 0 Å². The molecule has 1 aliphatic rings. The molecule has 9 nitrogen and oxygen atoms in total. The average Bonchev–Trinajstić information content (AvgIpc) is 3.51. The van der Waals surface area contributed by atoms with Crippen LogP contribution in [0.15, 0.2) is 43.0 Å². The van der Waals surface area contributed by atoms with Gasteiger partial charge in [-0.25, -0.2) is 15.0 Å². The molecule has 174 valence electrons. The van der Waals surface area contributed by atoms with Gasteiger partial charge < -0.3 is 24.7 Å². The summed E-state index contributed by atoms with van der Waals surface area (Å²) < 4.78 is 11.5. The minimum Gasteiger partial charge on any atom is -0.491 e. The normalized spacial score (nSPS) is 16.0. The Morgan fingerprint density at radius 3 is 3.12 bits per heavy atom. The molecule has 2 aromatic heterocycles. The molecule has 1 amide bonds. The third-order valence-corrected chi connectivity index (χ3v) is 5.59. The summed E-state index contributed by atoms with van der Waals surface area (Å²) in [6, 6.07) is 7.93. The van der Waals surface area contributed by atoms with E-state index in [9.17, 15) is 4.79 Å². The van der Waals surface area contributed by atoms with Crippen LogP contribution in [-0.4, -0.2) is 64.8 Å². The summed E-state index contributed by atoms with van der Waals surface area (Å²) in [6.07, 6.45) is 9.40. The molecule has 0 unspecified atom stereocenters. The number of nitrogens with zero attached hydrogens (tertiary/aromatic N) is 4. The summed E-state index contributed by atoms with van der Waals surface area (Å²) in [7, 11) is 0. The second-order valence-corrected chi connectivity index (χ2v) is 7.81. The molecule has 3 aromatic rings. The van der Waals surface area contributed by atoms with Crippen molar-refractivity contribution in [2.75, 3.05) is 37.8 Å². The first-order chi connectivity index (χ1) is 16.3. The fourth-order valence-corrected chi connectivity index (χ4v) is 3.95. The third kappa shape index (κ3) is 5.87. The second kappa shape index (κ2) is 11.4. The van der Waals surface area contributed by atoms with E-state index in [2.05, 4.69) is 30.2 Å². The highest BCUT2D eigenvalue weighted by Gasteiger charge is 2.28. The average molecular weight is 451 g/mol. The SMILES string of the molecule is CCOCCCNC(=O)/C=C/c1ccccc1OC[C@H]1CCCN1c1ncnc2nc[nH]c12. The molecule has 1 aromatic carbocycles. The number of fused-ring (bicyclic) bond motifs is 1. The highest BCUT2D eigenvalue weighted by Crippen LogP contribution is 2.29. The Labute approximate surface area is 193 Å². The molecule has 0 aliphatic carbocycles. The van der Waals surface area contributed by atoms with E-state index in [1.807, 2.05) is 31.2 Å². The summed E-state index contributed by atoms with van der Waals surface area (Å²) in [4.78, 5) is 30.5. The van der Waals surface area contributed by atoms with Gasteiger partial charge in [0.15, 0.2) is 11.5 Å². The molecule has 1 saturated heterocycles. The van der Waals surface area contributed by atoms with E-state index in [1.165, 1.54) is 0 Å². The van der Waals surface area contributed by atoms with Gasteiger partial charge in [0.25, 0.3) is 0 Å². The molecular weight excluding hydrogens is 420 g/mol. The maximum atomic E-state index is 12.1. The zero-order chi connectivity index (χ0) is 22.9. The number of nitrogens with one attached hydrogen (secondary N) is 2. The molecule has 0 spiro atoms. The topological polar surface area (TPSA) is 105 Å². The number of aromatic amines is 1. The third-order valence-electron chi connectivity index (χ3n) is 5.59. The molecule has 33 heavy (non-hydrogen) atoms. The number of amides is 1. The Balaban J connectivity index is 1.36. The van der Waals surface area contributed by atoms with E-state index in [0.717, 1.165) is 48.5 Å². The summed E-state index contributed by atoms with van der Waals surface area (Å²) in [5.41, 5.74) is 2.38. The van der Waals surface area contributed by atoms with Crippen LogP contribution in [0.5, 0.6) is 5.75 Å². The van der Waals surface area contributed by atoms with Crippen LogP contribution in [0, 0.1) is 0 Å². The predicted octanol–water partition coefficient (Wildman–Crippen LogP) is 2.96. The quantitative estimate of drug-likeness (QED) is 0.342. The van der Waals surface area contributed by atoms with Gasteiger partial charge in [0.2, 0.25) is 5.91 Å². The first kappa shape index (κ1) is 22.7. The Morgan fingerprint density at radius 2 is 2.21 bits per heavy atom. The Kier molecular flexibility index (Phi) is 7.86. The number of ether oxygens (including phenoxy) is 2. The van der Waals surface area contributed by atoms with E-state index >= 15 is 0 Å². The lowest BCUT2D eigenvalue weighted by Gasteiger charge is -2.26. The second-order valence-electron chi connectivity index (χ2n) is 7.81. The number of H-pyrrole nitrogens is 1. The number of hydrogen-bond donors (Lipinski definition) is 2. The Hall–Kier alpha value is -3.46. The molecule has 1 aliphatic heterocycles. The summed E-state index contributed by atoms with van der Waals surface area (Å²) in [5, 5.41) is 2.87. The van der Waals surface area contributed by atoms with Crippen molar-refractivity contribution < 1.29 is 14.3 Å². The molecular formula is C24H30N6O3. The lowest BCUT2D eigenvalue weighted by molar-refractivity contribution is -0.116. The number of benzene rings is 1. The Morgan fingerprint density at radius 1 is 1.30 bits per heavy atom. The molecule has 0 saturated carbocycles. The molecule has 3 heterocycles. The lowest BCUT2D eigenvalue weighted by atomic mass is 10.2. The van der Waals surface area contributed by atoms with Crippen LogP contribution in [0.25, 0.3) is 17.2 Å². The summed E-state index contributed by atoms with van der Waals surface area (Å²) in [5.74, 6) is 1.48. The zero-order valence-corrected chi connectivity index (χ0v) is 18.9. The van der Waals surface area contributed by atoms with Crippen molar-refractivity contribution in [2.24, 2.45) is 0 Å². The highest BCUT2D eigenvalue weighted by molar-refractivity contribution is 5.92. The van der Waals surface area contributed by atoms with Gasteiger partial charge in [-0.1, -0.05) is 18.2 Å². The minimum atomic E-state index is -0.129. The van der Waals surface area contributed by atoms with Gasteiger partial charge in [-0.05, 0) is 38.3 Å². The molecule has 9 heteroatoms. The monoisotopic (exact) mass is 450 g/mol. The van der Waals surface area contributed by atoms with Crippen molar-refractivity contribution in [1.82, 2.24) is 25.3 Å². The number of imidazole rings is 1. The van der Waals surface area contributed by atoms with E-state index in [-0.39, 0.29) is 11.9 Å². The van der Waals surface area contributed by atoms with Crippen LogP contribution >= 0.6 is 0 Å². The molecule has 2 N–H and O–H groups in total. The lowest BCUT2D eigenvalue weighted by Crippen LogP contribution is -2.35. The van der Waals surface area contributed by atoms with E-state index in [4.69, 9.17) is 9.47 Å².